The highest BCUT2D eigenvalue weighted by Gasteiger charge is 2.09. The Kier molecular flexibility index (Phi) is 2.63. The van der Waals surface area contributed by atoms with Crippen molar-refractivity contribution in [2.24, 2.45) is 0 Å². The molecule has 1 aromatic heterocycles. The lowest BCUT2D eigenvalue weighted by Crippen LogP contribution is -2.13. The number of halogens is 1. The molecule has 0 saturated heterocycles. The zero-order valence-electron chi connectivity index (χ0n) is 8.49. The van der Waals surface area contributed by atoms with E-state index < -0.39 is 11.7 Å². The number of H-pyrrole nitrogens is 1. The van der Waals surface area contributed by atoms with Crippen LogP contribution in [0.2, 0.25) is 0 Å². The highest BCUT2D eigenvalue weighted by molar-refractivity contribution is 6.03. The second-order valence-corrected chi connectivity index (χ2v) is 3.25. The number of carbonyl (C=O) groups excluding carboxylic acids is 1. The van der Waals surface area contributed by atoms with Crippen molar-refractivity contribution in [3.05, 3.63) is 41.5 Å². The van der Waals surface area contributed by atoms with Crippen molar-refractivity contribution in [2.45, 2.75) is 6.92 Å². The average Bonchev–Trinajstić information content (AvgIpc) is 2.74. The molecule has 82 valence electrons. The fraction of sp³-hybridized carbons (Fsp3) is 0.100. The molecule has 1 aromatic carbocycles. The van der Waals surface area contributed by atoms with Crippen molar-refractivity contribution in [3.63, 3.8) is 0 Å². The van der Waals surface area contributed by atoms with Gasteiger partial charge in [-0.1, -0.05) is 6.07 Å². The first-order chi connectivity index (χ1) is 7.66. The number of aryl methyl sites for hydroxylation is 1. The summed E-state index contributed by atoms with van der Waals surface area (Å²) in [5, 5.41) is 8.50. The average molecular weight is 220 g/mol. The Hall–Kier alpha value is -2.24. The van der Waals surface area contributed by atoms with E-state index in [1.165, 1.54) is 12.4 Å². The Morgan fingerprint density at radius 1 is 1.50 bits per heavy atom. The van der Waals surface area contributed by atoms with Gasteiger partial charge in [-0.15, -0.1) is 0 Å². The van der Waals surface area contributed by atoms with Crippen LogP contribution in [0.4, 0.5) is 10.3 Å². The Balaban J connectivity index is 2.18. The Morgan fingerprint density at radius 3 is 2.94 bits per heavy atom. The van der Waals surface area contributed by atoms with Gasteiger partial charge in [0.25, 0.3) is 5.91 Å². The van der Waals surface area contributed by atoms with Gasteiger partial charge in [0, 0.05) is 5.56 Å². The molecule has 0 bridgehead atoms. The van der Waals surface area contributed by atoms with E-state index in [1.807, 2.05) is 0 Å². The first-order valence-corrected chi connectivity index (χ1v) is 4.59. The number of nitrogens with one attached hydrogen (secondary N) is 2. The second-order valence-electron chi connectivity index (χ2n) is 3.25. The summed E-state index contributed by atoms with van der Waals surface area (Å²) in [5.74, 6) is -0.619. The van der Waals surface area contributed by atoms with Gasteiger partial charge in [0.15, 0.2) is 0 Å². The van der Waals surface area contributed by atoms with Crippen molar-refractivity contribution in [3.8, 4) is 0 Å². The van der Waals surface area contributed by atoms with Crippen LogP contribution in [0.25, 0.3) is 0 Å². The molecule has 0 aliphatic rings. The predicted molar refractivity (Wildman–Crippen MR) is 55.5 cm³/mol. The van der Waals surface area contributed by atoms with Crippen LogP contribution in [0.3, 0.4) is 0 Å². The van der Waals surface area contributed by atoms with E-state index in [9.17, 15) is 9.18 Å². The second kappa shape index (κ2) is 4.09. The van der Waals surface area contributed by atoms with Crippen molar-refractivity contribution < 1.29 is 9.18 Å². The molecular weight excluding hydrogens is 211 g/mol. The van der Waals surface area contributed by atoms with Crippen LogP contribution < -0.4 is 5.32 Å². The molecule has 6 heteroatoms. The largest absolute Gasteiger partial charge is 0.291 e. The van der Waals surface area contributed by atoms with E-state index in [2.05, 4.69) is 20.5 Å². The summed E-state index contributed by atoms with van der Waals surface area (Å²) in [6.45, 7) is 1.63. The summed E-state index contributed by atoms with van der Waals surface area (Å²) in [7, 11) is 0. The molecule has 16 heavy (non-hydrogen) atoms. The van der Waals surface area contributed by atoms with Gasteiger partial charge in [0.05, 0.1) is 0 Å². The van der Waals surface area contributed by atoms with Crippen LogP contribution >= 0.6 is 0 Å². The number of nitrogens with zero attached hydrogens (tertiary/aromatic N) is 2. The van der Waals surface area contributed by atoms with Crippen LogP contribution in [0, 0.1) is 12.7 Å². The minimum atomic E-state index is -0.435. The molecule has 0 fully saturated rings. The molecular formula is C10H9FN4O. The van der Waals surface area contributed by atoms with Crippen molar-refractivity contribution in [2.75, 3.05) is 5.32 Å². The highest BCUT2D eigenvalue weighted by atomic mass is 19.1. The van der Waals surface area contributed by atoms with Gasteiger partial charge in [-0.2, -0.15) is 10.1 Å². The summed E-state index contributed by atoms with van der Waals surface area (Å²) >= 11 is 0. The third-order valence-electron chi connectivity index (χ3n) is 2.08. The maximum Gasteiger partial charge on any atom is 0.258 e. The van der Waals surface area contributed by atoms with E-state index in [4.69, 9.17) is 0 Å². The maximum atomic E-state index is 13.2. The normalized spacial score (nSPS) is 10.1. The Labute approximate surface area is 90.7 Å². The van der Waals surface area contributed by atoms with Crippen LogP contribution in [0.15, 0.2) is 24.5 Å². The Morgan fingerprint density at radius 2 is 2.31 bits per heavy atom. The number of aromatic nitrogens is 3. The molecule has 1 heterocycles. The third-order valence-corrected chi connectivity index (χ3v) is 2.08. The molecule has 0 aliphatic heterocycles. The predicted octanol–water partition coefficient (Wildman–Crippen LogP) is 1.50. The minimum absolute atomic E-state index is 0.228. The fourth-order valence-corrected chi connectivity index (χ4v) is 1.18. The number of amides is 1. The zero-order valence-corrected chi connectivity index (χ0v) is 8.49. The van der Waals surface area contributed by atoms with Crippen molar-refractivity contribution in [1.29, 1.82) is 0 Å². The van der Waals surface area contributed by atoms with Crippen LogP contribution in [0.1, 0.15) is 15.9 Å². The molecule has 0 radical (unpaired) electrons. The van der Waals surface area contributed by atoms with E-state index in [0.717, 1.165) is 0 Å². The number of anilines is 1. The fourth-order valence-electron chi connectivity index (χ4n) is 1.18. The van der Waals surface area contributed by atoms with Gasteiger partial charge >= 0.3 is 0 Å². The van der Waals surface area contributed by atoms with Gasteiger partial charge in [-0.05, 0) is 24.6 Å². The molecule has 0 aliphatic carbocycles. The quantitative estimate of drug-likeness (QED) is 0.805. The van der Waals surface area contributed by atoms with E-state index in [1.54, 1.807) is 19.1 Å². The molecule has 1 amide bonds. The zero-order chi connectivity index (χ0) is 11.5. The van der Waals surface area contributed by atoms with Crippen molar-refractivity contribution in [1.82, 2.24) is 15.2 Å². The first kappa shape index (κ1) is 10.3. The number of aromatic amines is 1. The van der Waals surface area contributed by atoms with Gasteiger partial charge in [0.1, 0.15) is 12.1 Å². The molecule has 0 unspecified atom stereocenters. The van der Waals surface area contributed by atoms with E-state index in [0.29, 0.717) is 5.56 Å². The topological polar surface area (TPSA) is 70.7 Å². The monoisotopic (exact) mass is 220 g/mol. The maximum absolute atomic E-state index is 13.2. The molecule has 0 spiro atoms. The molecule has 0 saturated carbocycles. The van der Waals surface area contributed by atoms with Gasteiger partial charge < -0.3 is 0 Å². The SMILES string of the molecule is Cc1ccc(C(=O)Nc2ncn[nH]2)cc1F. The van der Waals surface area contributed by atoms with E-state index in [-0.39, 0.29) is 11.5 Å². The summed E-state index contributed by atoms with van der Waals surface area (Å²) in [5.41, 5.74) is 0.732. The summed E-state index contributed by atoms with van der Waals surface area (Å²) in [6.07, 6.45) is 1.27. The molecule has 2 aromatic rings. The number of hydrogen-bond donors (Lipinski definition) is 2. The first-order valence-electron chi connectivity index (χ1n) is 4.59. The molecule has 2 N–H and O–H groups in total. The number of rotatable bonds is 2. The van der Waals surface area contributed by atoms with Crippen LogP contribution in [-0.4, -0.2) is 21.1 Å². The van der Waals surface area contributed by atoms with Crippen molar-refractivity contribution >= 4 is 11.9 Å². The standard InChI is InChI=1S/C10H9FN4O/c1-6-2-3-7(4-8(6)11)9(16)14-10-12-5-13-15-10/h2-5H,1H3,(H2,12,13,14,15,16). The summed E-state index contributed by atoms with van der Waals surface area (Å²) < 4.78 is 13.2. The third kappa shape index (κ3) is 2.05. The highest BCUT2D eigenvalue weighted by Crippen LogP contribution is 2.10. The molecule has 0 atom stereocenters. The Bertz CT molecular complexity index is 510. The number of benzene rings is 1. The summed E-state index contributed by atoms with van der Waals surface area (Å²) in [6, 6.07) is 4.27. The smallest absolute Gasteiger partial charge is 0.258 e. The van der Waals surface area contributed by atoms with Gasteiger partial charge in [0.2, 0.25) is 5.95 Å². The van der Waals surface area contributed by atoms with Gasteiger partial charge in [-0.3, -0.25) is 10.1 Å². The lowest BCUT2D eigenvalue weighted by atomic mass is 10.1. The molecule has 2 rings (SSSR count). The lowest BCUT2D eigenvalue weighted by Gasteiger charge is -2.02. The summed E-state index contributed by atoms with van der Waals surface area (Å²) in [4.78, 5) is 15.3. The minimum Gasteiger partial charge on any atom is -0.291 e. The van der Waals surface area contributed by atoms with Gasteiger partial charge in [-0.25, -0.2) is 9.49 Å². The number of hydrogen-bond acceptors (Lipinski definition) is 3. The van der Waals surface area contributed by atoms with Crippen LogP contribution in [0.5, 0.6) is 0 Å². The van der Waals surface area contributed by atoms with Crippen LogP contribution in [-0.2, 0) is 0 Å². The van der Waals surface area contributed by atoms with E-state index >= 15 is 0 Å². The molecule has 5 nitrogen and oxygen atoms in total. The number of carbonyl (C=O) groups is 1. The lowest BCUT2D eigenvalue weighted by molar-refractivity contribution is 0.102.